The summed E-state index contributed by atoms with van der Waals surface area (Å²) in [5.74, 6) is 0.0359. The summed E-state index contributed by atoms with van der Waals surface area (Å²) in [6, 6.07) is 11.5. The summed E-state index contributed by atoms with van der Waals surface area (Å²) in [4.78, 5) is 21.9. The highest BCUT2D eigenvalue weighted by Crippen LogP contribution is 2.39. The zero-order valence-corrected chi connectivity index (χ0v) is 27.3. The third kappa shape index (κ3) is 8.74. The Bertz CT molecular complexity index is 1810. The lowest BCUT2D eigenvalue weighted by Gasteiger charge is -2.26. The molecular weight excluding hydrogens is 752 g/mol. The third-order valence-corrected chi connectivity index (χ3v) is 7.36. The van der Waals surface area contributed by atoms with Crippen LogP contribution in [0.2, 0.25) is 0 Å². The number of benzene rings is 1. The summed E-state index contributed by atoms with van der Waals surface area (Å²) in [7, 11) is 0. The van der Waals surface area contributed by atoms with E-state index in [1.54, 1.807) is 30.7 Å². The number of para-hydroxylation sites is 1. The molecule has 0 aliphatic heterocycles. The highest BCUT2D eigenvalue weighted by molar-refractivity contribution is 9.10. The number of aliphatic hydroxyl groups is 2. The molecule has 2 unspecified atom stereocenters. The molecule has 5 aromatic rings. The van der Waals surface area contributed by atoms with E-state index < -0.39 is 23.6 Å². The Morgan fingerprint density at radius 2 is 1.22 bits per heavy atom. The van der Waals surface area contributed by atoms with E-state index in [2.05, 4.69) is 51.9 Å². The van der Waals surface area contributed by atoms with Gasteiger partial charge in [0.05, 0.1) is 23.6 Å². The number of fused-ring (bicyclic) bond motifs is 1. The lowest BCUT2D eigenvalue weighted by molar-refractivity contribution is -0.259. The fourth-order valence-electron chi connectivity index (χ4n) is 3.60. The van der Waals surface area contributed by atoms with Gasteiger partial charge in [-0.05, 0) is 76.9 Å². The van der Waals surface area contributed by atoms with Crippen LogP contribution >= 0.6 is 31.9 Å². The normalized spacial score (nSPS) is 14.2. The first-order chi connectivity index (χ1) is 21.3. The SMILES string of the molecule is CC(=O)c1cncc(Br)c1.CC(O)(c1cncc(-n2ncc3ccccc32)c1)C(F)(F)F.CC(O)(c1cncc(Br)c1)C(F)(F)F. The van der Waals surface area contributed by atoms with Crippen molar-refractivity contribution in [3.8, 4) is 5.69 Å². The van der Waals surface area contributed by atoms with Gasteiger partial charge in [0, 0.05) is 62.0 Å². The lowest BCUT2D eigenvalue weighted by atomic mass is 9.97. The van der Waals surface area contributed by atoms with Crippen LogP contribution in [0.1, 0.15) is 42.3 Å². The second kappa shape index (κ2) is 14.4. The molecule has 0 saturated heterocycles. The number of aromatic nitrogens is 5. The van der Waals surface area contributed by atoms with E-state index in [0.29, 0.717) is 29.6 Å². The summed E-state index contributed by atoms with van der Waals surface area (Å²) >= 11 is 6.20. The van der Waals surface area contributed by atoms with Gasteiger partial charge in [0.2, 0.25) is 0 Å². The van der Waals surface area contributed by atoms with E-state index in [9.17, 15) is 41.4 Å². The topological polar surface area (TPSA) is 114 Å². The maximum Gasteiger partial charge on any atom is 0.421 e. The van der Waals surface area contributed by atoms with Gasteiger partial charge in [0.25, 0.3) is 0 Å². The van der Waals surface area contributed by atoms with Crippen molar-refractivity contribution in [2.75, 3.05) is 0 Å². The molecule has 0 aliphatic carbocycles. The quantitative estimate of drug-likeness (QED) is 0.141. The molecule has 4 heterocycles. The number of hydrogen-bond acceptors (Lipinski definition) is 7. The van der Waals surface area contributed by atoms with Crippen LogP contribution in [-0.2, 0) is 11.2 Å². The van der Waals surface area contributed by atoms with Crippen LogP contribution in [0.5, 0.6) is 0 Å². The van der Waals surface area contributed by atoms with Crippen molar-refractivity contribution >= 4 is 48.5 Å². The zero-order chi connectivity index (χ0) is 34.5. The predicted molar refractivity (Wildman–Crippen MR) is 164 cm³/mol. The molecule has 4 aromatic heterocycles. The molecule has 0 spiro atoms. The summed E-state index contributed by atoms with van der Waals surface area (Å²) < 4.78 is 78.6. The Hall–Kier alpha value is -3.73. The van der Waals surface area contributed by atoms with Gasteiger partial charge < -0.3 is 10.2 Å². The largest absolute Gasteiger partial charge is 0.421 e. The Kier molecular flexibility index (Phi) is 11.5. The number of hydrogen-bond donors (Lipinski definition) is 2. The molecule has 16 heteroatoms. The van der Waals surface area contributed by atoms with E-state index in [4.69, 9.17) is 0 Å². The van der Waals surface area contributed by atoms with Crippen molar-refractivity contribution in [2.45, 2.75) is 44.3 Å². The van der Waals surface area contributed by atoms with E-state index in [-0.39, 0.29) is 16.9 Å². The maximum absolute atomic E-state index is 12.9. The van der Waals surface area contributed by atoms with Crippen LogP contribution in [0.3, 0.4) is 0 Å². The molecule has 0 fully saturated rings. The minimum atomic E-state index is -4.79. The number of carbonyl (C=O) groups is 1. The molecular formula is C30H25Br2F6N5O3. The van der Waals surface area contributed by atoms with Crippen molar-refractivity contribution in [1.29, 1.82) is 0 Å². The van der Waals surface area contributed by atoms with Crippen LogP contribution in [-0.4, -0.2) is 53.1 Å². The number of rotatable bonds is 4. The van der Waals surface area contributed by atoms with Gasteiger partial charge in [-0.1, -0.05) is 18.2 Å². The number of Topliss-reactive ketones (excluding diaryl/α,β-unsaturated/α-hetero) is 1. The Balaban J connectivity index is 0.000000206. The van der Waals surface area contributed by atoms with Crippen LogP contribution in [0.15, 0.2) is 94.8 Å². The fourth-order valence-corrected chi connectivity index (χ4v) is 4.33. The van der Waals surface area contributed by atoms with Gasteiger partial charge in [-0.25, -0.2) is 4.68 Å². The highest BCUT2D eigenvalue weighted by Gasteiger charge is 2.52. The number of alkyl halides is 6. The first-order valence-corrected chi connectivity index (χ1v) is 14.5. The average molecular weight is 777 g/mol. The minimum absolute atomic E-state index is 0.0359. The molecule has 0 aliphatic rings. The number of halogens is 8. The van der Waals surface area contributed by atoms with Crippen LogP contribution in [0, 0.1) is 0 Å². The van der Waals surface area contributed by atoms with E-state index in [0.717, 1.165) is 27.8 Å². The molecule has 0 saturated carbocycles. The van der Waals surface area contributed by atoms with Crippen LogP contribution < -0.4 is 0 Å². The van der Waals surface area contributed by atoms with Gasteiger partial charge >= 0.3 is 12.4 Å². The number of nitrogens with zero attached hydrogens (tertiary/aromatic N) is 5. The van der Waals surface area contributed by atoms with Crippen molar-refractivity contribution < 1.29 is 41.4 Å². The van der Waals surface area contributed by atoms with Crippen molar-refractivity contribution in [3.63, 3.8) is 0 Å². The van der Waals surface area contributed by atoms with Crippen LogP contribution in [0.4, 0.5) is 26.3 Å². The summed E-state index contributed by atoms with van der Waals surface area (Å²) in [5, 5.41) is 24.0. The minimum Gasteiger partial charge on any atom is -0.376 e. The van der Waals surface area contributed by atoms with Gasteiger partial charge in [0.1, 0.15) is 0 Å². The second-order valence-electron chi connectivity index (χ2n) is 10.0. The first kappa shape index (κ1) is 36.7. The smallest absolute Gasteiger partial charge is 0.376 e. The number of carbonyl (C=O) groups excluding carboxylic acids is 1. The van der Waals surface area contributed by atoms with E-state index >= 15 is 0 Å². The fraction of sp³-hybridized carbons (Fsp3) is 0.233. The molecule has 5 rings (SSSR count). The maximum atomic E-state index is 12.9. The molecule has 46 heavy (non-hydrogen) atoms. The zero-order valence-electron chi connectivity index (χ0n) is 24.1. The summed E-state index contributed by atoms with van der Waals surface area (Å²) in [6.45, 7) is 2.91. The molecule has 0 bridgehead atoms. The highest BCUT2D eigenvalue weighted by atomic mass is 79.9. The summed E-state index contributed by atoms with van der Waals surface area (Å²) in [6.07, 6.45) is 0.0324. The number of pyridine rings is 3. The predicted octanol–water partition coefficient (Wildman–Crippen LogP) is 7.85. The molecule has 8 nitrogen and oxygen atoms in total. The van der Waals surface area contributed by atoms with E-state index in [1.807, 2.05) is 18.2 Å². The van der Waals surface area contributed by atoms with E-state index in [1.165, 1.54) is 36.1 Å². The second-order valence-corrected chi connectivity index (χ2v) is 11.9. The molecule has 1 aromatic carbocycles. The van der Waals surface area contributed by atoms with Crippen molar-refractivity contribution in [2.24, 2.45) is 0 Å². The first-order valence-electron chi connectivity index (χ1n) is 12.9. The summed E-state index contributed by atoms with van der Waals surface area (Å²) in [5.41, 5.74) is -4.75. The van der Waals surface area contributed by atoms with Gasteiger partial charge in [-0.3, -0.25) is 19.7 Å². The Morgan fingerprint density at radius 3 is 1.72 bits per heavy atom. The standard InChI is InChI=1S/C15H12F3N3O.C8H7BrF3NO.C7H6BrNO/c1-14(22,15(16,17)18)11-6-12(9-19-8-11)21-13-5-3-2-4-10(13)7-20-21;1-7(14,8(10,11)12)5-2-6(9)4-13-3-5;1-5(10)6-2-7(8)4-9-3-6/h2-9,22H,1H3;2-4,14H,1H3;2-4H,1H3. The Labute approximate surface area is 275 Å². The molecule has 2 atom stereocenters. The Morgan fingerprint density at radius 1 is 0.717 bits per heavy atom. The molecule has 244 valence electrons. The van der Waals surface area contributed by atoms with Gasteiger partial charge in [0.15, 0.2) is 17.0 Å². The monoisotopic (exact) mass is 775 g/mol. The van der Waals surface area contributed by atoms with Crippen molar-refractivity contribution in [3.05, 3.63) is 111 Å². The van der Waals surface area contributed by atoms with Gasteiger partial charge in [-0.15, -0.1) is 0 Å². The van der Waals surface area contributed by atoms with Gasteiger partial charge in [-0.2, -0.15) is 31.4 Å². The average Bonchev–Trinajstić information content (AvgIpc) is 3.41. The molecule has 0 amide bonds. The third-order valence-electron chi connectivity index (χ3n) is 6.49. The lowest BCUT2D eigenvalue weighted by Crippen LogP contribution is -2.39. The van der Waals surface area contributed by atoms with Crippen LogP contribution in [0.25, 0.3) is 16.6 Å². The molecule has 2 N–H and O–H groups in total. The number of ketones is 1. The molecule has 0 radical (unpaired) electrons. The van der Waals surface area contributed by atoms with Crippen molar-refractivity contribution in [1.82, 2.24) is 24.7 Å².